The van der Waals surface area contributed by atoms with Gasteiger partial charge in [0.2, 0.25) is 5.91 Å². The molecule has 0 fully saturated rings. The van der Waals surface area contributed by atoms with Crippen molar-refractivity contribution in [2.45, 2.75) is 488 Å². The number of carbonyl (C=O) groups excluding carboxylic acids is 2. The van der Waals surface area contributed by atoms with Gasteiger partial charge in [0.15, 0.2) is 0 Å². The van der Waals surface area contributed by atoms with E-state index < -0.39 is 12.1 Å². The maximum atomic E-state index is 12.6. The second-order valence-corrected chi connectivity index (χ2v) is 29.5. The summed E-state index contributed by atoms with van der Waals surface area (Å²) in [7, 11) is 0. The van der Waals surface area contributed by atoms with Gasteiger partial charge in [0.05, 0.1) is 25.4 Å². The van der Waals surface area contributed by atoms with Crippen molar-refractivity contribution in [3.05, 3.63) is 48.6 Å². The molecule has 0 aliphatic heterocycles. The molecule has 2 atom stereocenters. The lowest BCUT2D eigenvalue weighted by atomic mass is 10.0. The Morgan fingerprint density at radius 3 is 0.840 bits per heavy atom. The quantitative estimate of drug-likeness (QED) is 0.0320. The SMILES string of the molecule is CCCCC/C=C\C/C=C\CCCCCCCC(=O)OCCCCCCCCCCCCCCCCCCCC/C=C\CCCCCCCCCCCCCCCCCCCC(=O)NC(CO)C(O)/C=C/CCCCCCCCCCCCCCCCCCCCCCC. The number of ether oxygens (including phenoxy) is 1. The maximum Gasteiger partial charge on any atom is 0.305 e. The third-order valence-electron chi connectivity index (χ3n) is 20.1. The van der Waals surface area contributed by atoms with E-state index in [-0.39, 0.29) is 18.5 Å². The molecule has 0 aliphatic carbocycles. The predicted octanol–water partition coefficient (Wildman–Crippen LogP) is 28.7. The number of amides is 1. The summed E-state index contributed by atoms with van der Waals surface area (Å²) in [6.45, 7) is 4.92. The summed E-state index contributed by atoms with van der Waals surface area (Å²) in [6, 6.07) is -0.626. The maximum absolute atomic E-state index is 12.6. The molecule has 0 bridgehead atoms. The van der Waals surface area contributed by atoms with Gasteiger partial charge in [-0.3, -0.25) is 9.59 Å². The van der Waals surface area contributed by atoms with Crippen molar-refractivity contribution < 1.29 is 24.5 Å². The van der Waals surface area contributed by atoms with Crippen molar-refractivity contribution in [1.82, 2.24) is 5.32 Å². The number of allylic oxidation sites excluding steroid dienone is 7. The van der Waals surface area contributed by atoms with Crippen LogP contribution >= 0.6 is 0 Å². The second kappa shape index (κ2) is 83.2. The first-order valence-electron chi connectivity index (χ1n) is 42.9. The molecule has 0 aromatic rings. The van der Waals surface area contributed by atoms with Gasteiger partial charge in [-0.25, -0.2) is 0 Å². The van der Waals surface area contributed by atoms with Gasteiger partial charge in [-0.05, 0) is 89.9 Å². The number of aliphatic hydroxyl groups excluding tert-OH is 2. The lowest BCUT2D eigenvalue weighted by Gasteiger charge is -2.20. The van der Waals surface area contributed by atoms with Crippen LogP contribution in [-0.4, -0.2) is 47.4 Å². The highest BCUT2D eigenvalue weighted by atomic mass is 16.5. The number of aliphatic hydroxyl groups is 2. The van der Waals surface area contributed by atoms with Crippen molar-refractivity contribution in [3.8, 4) is 0 Å². The minimum atomic E-state index is -0.843. The molecule has 2 unspecified atom stereocenters. The van der Waals surface area contributed by atoms with Gasteiger partial charge in [0, 0.05) is 12.8 Å². The number of unbranched alkanes of at least 4 members (excludes halogenated alkanes) is 64. The Balaban J connectivity index is 3.35. The first-order valence-corrected chi connectivity index (χ1v) is 42.9. The molecule has 0 saturated carbocycles. The van der Waals surface area contributed by atoms with Gasteiger partial charge < -0.3 is 20.3 Å². The largest absolute Gasteiger partial charge is 0.466 e. The summed E-state index contributed by atoms with van der Waals surface area (Å²) < 4.78 is 5.50. The molecular weight excluding hydrogens is 1150 g/mol. The van der Waals surface area contributed by atoms with E-state index in [0.29, 0.717) is 19.4 Å². The van der Waals surface area contributed by atoms with Gasteiger partial charge in [-0.15, -0.1) is 0 Å². The molecule has 0 rings (SSSR count). The summed E-state index contributed by atoms with van der Waals surface area (Å²) in [5, 5.41) is 23.3. The normalized spacial score (nSPS) is 12.7. The molecule has 0 aliphatic rings. The van der Waals surface area contributed by atoms with Gasteiger partial charge in [0.25, 0.3) is 0 Å². The zero-order chi connectivity index (χ0) is 67.7. The van der Waals surface area contributed by atoms with E-state index in [1.165, 1.54) is 398 Å². The van der Waals surface area contributed by atoms with Crippen molar-refractivity contribution >= 4 is 11.9 Å². The monoisotopic (exact) mass is 1320 g/mol. The second-order valence-electron chi connectivity index (χ2n) is 29.5. The van der Waals surface area contributed by atoms with E-state index in [2.05, 4.69) is 55.6 Å². The van der Waals surface area contributed by atoms with Crippen molar-refractivity contribution in [2.75, 3.05) is 13.2 Å². The number of hydrogen-bond acceptors (Lipinski definition) is 5. The number of esters is 1. The molecule has 0 aromatic heterocycles. The van der Waals surface area contributed by atoms with Crippen LogP contribution in [-0.2, 0) is 14.3 Å². The van der Waals surface area contributed by atoms with Crippen LogP contribution < -0.4 is 5.32 Å². The van der Waals surface area contributed by atoms with Crippen molar-refractivity contribution in [2.24, 2.45) is 0 Å². The van der Waals surface area contributed by atoms with Crippen LogP contribution in [0.2, 0.25) is 0 Å². The highest BCUT2D eigenvalue weighted by Crippen LogP contribution is 2.20. The molecule has 554 valence electrons. The van der Waals surface area contributed by atoms with Crippen LogP contribution in [0.15, 0.2) is 48.6 Å². The van der Waals surface area contributed by atoms with Crippen molar-refractivity contribution in [3.63, 3.8) is 0 Å². The Kier molecular flexibility index (Phi) is 81.3. The zero-order valence-electron chi connectivity index (χ0n) is 63.7. The fourth-order valence-corrected chi connectivity index (χ4v) is 13.5. The molecule has 0 heterocycles. The Labute approximate surface area is 588 Å². The van der Waals surface area contributed by atoms with Crippen LogP contribution in [0.25, 0.3) is 0 Å². The Bertz CT molecular complexity index is 1570. The molecule has 94 heavy (non-hydrogen) atoms. The average Bonchev–Trinajstić information content (AvgIpc) is 3.63. The molecule has 0 saturated heterocycles. The van der Waals surface area contributed by atoms with E-state index in [1.54, 1.807) is 6.08 Å². The predicted molar refractivity (Wildman–Crippen MR) is 416 cm³/mol. The van der Waals surface area contributed by atoms with Crippen molar-refractivity contribution in [1.29, 1.82) is 0 Å². The summed E-state index contributed by atoms with van der Waals surface area (Å²) in [4.78, 5) is 24.6. The fraction of sp³-hybridized carbons (Fsp3) is 0.886. The number of rotatable bonds is 81. The Morgan fingerprint density at radius 2 is 0.532 bits per heavy atom. The minimum absolute atomic E-state index is 0.00878. The highest BCUT2D eigenvalue weighted by molar-refractivity contribution is 5.76. The highest BCUT2D eigenvalue weighted by Gasteiger charge is 2.18. The van der Waals surface area contributed by atoms with Gasteiger partial charge >= 0.3 is 5.97 Å². The van der Waals surface area contributed by atoms with Gasteiger partial charge in [0.1, 0.15) is 0 Å². The van der Waals surface area contributed by atoms with Gasteiger partial charge in [-0.1, -0.05) is 422 Å². The third-order valence-corrected chi connectivity index (χ3v) is 20.1. The molecular formula is C88H167NO5. The van der Waals surface area contributed by atoms with Crippen LogP contribution in [0.4, 0.5) is 0 Å². The molecule has 0 spiro atoms. The number of nitrogens with one attached hydrogen (secondary N) is 1. The molecule has 1 amide bonds. The summed E-state index contributed by atoms with van der Waals surface area (Å²) in [5.41, 5.74) is 0. The lowest BCUT2D eigenvalue weighted by molar-refractivity contribution is -0.143. The first kappa shape index (κ1) is 91.8. The Morgan fingerprint density at radius 1 is 0.298 bits per heavy atom. The number of carbonyl (C=O) groups is 2. The Hall–Kier alpha value is -2.18. The van der Waals surface area contributed by atoms with Crippen LogP contribution in [0.1, 0.15) is 476 Å². The summed E-state index contributed by atoms with van der Waals surface area (Å²) in [6.07, 6.45) is 111. The standard InChI is InChI=1S/C88H167NO5/c1-3-5-7-9-11-13-15-17-19-20-21-22-40-43-46-49-53-56-60-64-68-72-76-80-86(91)85(84-90)89-87(92)81-77-73-69-65-61-57-54-50-47-44-41-38-36-34-32-30-28-26-24-23-25-27-29-31-33-35-37-39-42-45-48-51-55-59-63-67-71-75-79-83-94-88(93)82-78-74-70-66-62-58-52-18-16-14-12-10-8-6-4-2/h12,14,18,23-24,52,76,80,85-86,90-91H,3-11,13,15-17,19-22,25-51,53-75,77-79,81-84H2,1-2H3,(H,89,92)/b14-12-,24-23-,52-18-,80-76+. The first-order chi connectivity index (χ1) is 46.5. The fourth-order valence-electron chi connectivity index (χ4n) is 13.5. The molecule has 6 nitrogen and oxygen atoms in total. The zero-order valence-corrected chi connectivity index (χ0v) is 63.7. The lowest BCUT2D eigenvalue weighted by Crippen LogP contribution is -2.45. The average molecular weight is 1320 g/mol. The van der Waals surface area contributed by atoms with Crippen LogP contribution in [0.3, 0.4) is 0 Å². The van der Waals surface area contributed by atoms with Crippen LogP contribution in [0.5, 0.6) is 0 Å². The van der Waals surface area contributed by atoms with E-state index in [9.17, 15) is 19.8 Å². The van der Waals surface area contributed by atoms with E-state index in [1.807, 2.05) is 6.08 Å². The molecule has 0 aromatic carbocycles. The van der Waals surface area contributed by atoms with Crippen LogP contribution in [0, 0.1) is 0 Å². The van der Waals surface area contributed by atoms with E-state index in [4.69, 9.17) is 4.74 Å². The van der Waals surface area contributed by atoms with E-state index in [0.717, 1.165) is 51.4 Å². The smallest absolute Gasteiger partial charge is 0.305 e. The summed E-state index contributed by atoms with van der Waals surface area (Å²) in [5.74, 6) is -0.0499. The molecule has 6 heteroatoms. The third kappa shape index (κ3) is 78.8. The van der Waals surface area contributed by atoms with E-state index >= 15 is 0 Å². The molecule has 0 radical (unpaired) electrons. The molecule has 3 N–H and O–H groups in total. The number of hydrogen-bond donors (Lipinski definition) is 3. The minimum Gasteiger partial charge on any atom is -0.466 e. The topological polar surface area (TPSA) is 95.9 Å². The summed E-state index contributed by atoms with van der Waals surface area (Å²) >= 11 is 0. The van der Waals surface area contributed by atoms with Gasteiger partial charge in [-0.2, -0.15) is 0 Å².